The van der Waals surface area contributed by atoms with E-state index in [1.807, 2.05) is 0 Å². The van der Waals surface area contributed by atoms with Crippen LogP contribution in [0, 0.1) is 0 Å². The summed E-state index contributed by atoms with van der Waals surface area (Å²) in [5, 5.41) is 0. The molecule has 0 aromatic rings. The molecule has 1 fully saturated rings. The Balaban J connectivity index is 2.19. The number of thiocarbonyl (C=S) groups is 1. The molecule has 0 aliphatic carbocycles. The smallest absolute Gasteiger partial charge is 0.0631 e. The highest BCUT2D eigenvalue weighted by Gasteiger charge is 2.11. The second kappa shape index (κ2) is 5.12. The standard InChI is InChI=1S/C8H15NS2/c1-2-8(10)11-9-6-4-3-5-7-9/h2-7H2,1H3. The predicted molar refractivity (Wildman–Crippen MR) is 55.9 cm³/mol. The average Bonchev–Trinajstić information content (AvgIpc) is 2.06. The molecule has 0 aromatic carbocycles. The first-order valence-corrected chi connectivity index (χ1v) is 5.47. The van der Waals surface area contributed by atoms with E-state index in [0.29, 0.717) is 0 Å². The lowest BCUT2D eigenvalue weighted by Crippen LogP contribution is -2.24. The van der Waals surface area contributed by atoms with E-state index >= 15 is 0 Å². The molecule has 0 spiro atoms. The Morgan fingerprint density at radius 1 is 1.36 bits per heavy atom. The van der Waals surface area contributed by atoms with Gasteiger partial charge in [0.05, 0.1) is 4.20 Å². The van der Waals surface area contributed by atoms with E-state index in [4.69, 9.17) is 12.2 Å². The number of nitrogens with zero attached hydrogens (tertiary/aromatic N) is 1. The third-order valence-corrected chi connectivity index (χ3v) is 3.46. The van der Waals surface area contributed by atoms with Gasteiger partial charge in [0.15, 0.2) is 0 Å². The largest absolute Gasteiger partial charge is 0.246 e. The highest BCUT2D eigenvalue weighted by molar-refractivity contribution is 8.21. The molecule has 1 aliphatic rings. The van der Waals surface area contributed by atoms with Gasteiger partial charge in [0.1, 0.15) is 0 Å². The molecule has 0 amide bonds. The van der Waals surface area contributed by atoms with Gasteiger partial charge in [-0.2, -0.15) is 0 Å². The van der Waals surface area contributed by atoms with Gasteiger partial charge in [-0.05, 0) is 31.2 Å². The number of piperidine rings is 1. The molecule has 1 nitrogen and oxygen atoms in total. The van der Waals surface area contributed by atoms with Crippen LogP contribution in [0.4, 0.5) is 0 Å². The van der Waals surface area contributed by atoms with Crippen LogP contribution in [0.2, 0.25) is 0 Å². The molecule has 0 N–H and O–H groups in total. The van der Waals surface area contributed by atoms with E-state index in [2.05, 4.69) is 11.2 Å². The molecule has 0 unspecified atom stereocenters. The molecular formula is C8H15NS2. The molecule has 3 heteroatoms. The van der Waals surface area contributed by atoms with Crippen LogP contribution < -0.4 is 0 Å². The van der Waals surface area contributed by atoms with Gasteiger partial charge >= 0.3 is 0 Å². The van der Waals surface area contributed by atoms with Crippen molar-refractivity contribution in [2.45, 2.75) is 32.6 Å². The van der Waals surface area contributed by atoms with Crippen LogP contribution in [0.3, 0.4) is 0 Å². The Kier molecular flexibility index (Phi) is 4.41. The summed E-state index contributed by atoms with van der Waals surface area (Å²) in [4.78, 5) is 0. The van der Waals surface area contributed by atoms with E-state index in [9.17, 15) is 0 Å². The summed E-state index contributed by atoms with van der Waals surface area (Å²) < 4.78 is 3.53. The lowest BCUT2D eigenvalue weighted by atomic mass is 10.2. The van der Waals surface area contributed by atoms with Crippen LogP contribution >= 0.6 is 24.2 Å². The van der Waals surface area contributed by atoms with Gasteiger partial charge in [-0.25, -0.2) is 4.31 Å². The van der Waals surface area contributed by atoms with E-state index in [1.54, 1.807) is 11.9 Å². The average molecular weight is 189 g/mol. The minimum Gasteiger partial charge on any atom is -0.246 e. The van der Waals surface area contributed by atoms with Crippen LogP contribution in [-0.4, -0.2) is 21.6 Å². The van der Waals surface area contributed by atoms with Gasteiger partial charge in [-0.15, -0.1) is 0 Å². The molecular weight excluding hydrogens is 174 g/mol. The highest BCUT2D eigenvalue weighted by Crippen LogP contribution is 2.20. The zero-order chi connectivity index (χ0) is 8.10. The first-order chi connectivity index (χ1) is 5.33. The quantitative estimate of drug-likeness (QED) is 0.486. The van der Waals surface area contributed by atoms with Gasteiger partial charge in [-0.1, -0.05) is 25.6 Å². The van der Waals surface area contributed by atoms with Crippen molar-refractivity contribution in [3.05, 3.63) is 0 Å². The fourth-order valence-electron chi connectivity index (χ4n) is 1.16. The molecule has 0 saturated carbocycles. The normalized spacial score (nSPS) is 20.1. The topological polar surface area (TPSA) is 3.24 Å². The second-order valence-corrected chi connectivity index (χ2v) is 4.75. The third kappa shape index (κ3) is 3.54. The molecule has 0 bridgehead atoms. The van der Waals surface area contributed by atoms with Gasteiger partial charge in [0, 0.05) is 13.1 Å². The van der Waals surface area contributed by atoms with Crippen LogP contribution in [0.5, 0.6) is 0 Å². The minimum atomic E-state index is 1.02. The van der Waals surface area contributed by atoms with Crippen molar-refractivity contribution in [3.8, 4) is 0 Å². The van der Waals surface area contributed by atoms with Crippen molar-refractivity contribution < 1.29 is 0 Å². The van der Waals surface area contributed by atoms with Crippen LogP contribution in [0.1, 0.15) is 32.6 Å². The van der Waals surface area contributed by atoms with E-state index in [-0.39, 0.29) is 0 Å². The zero-order valence-corrected chi connectivity index (χ0v) is 8.64. The summed E-state index contributed by atoms with van der Waals surface area (Å²) in [5.41, 5.74) is 0. The first kappa shape index (κ1) is 9.49. The summed E-state index contributed by atoms with van der Waals surface area (Å²) in [7, 11) is 0. The predicted octanol–water partition coefficient (Wildman–Crippen LogP) is 2.86. The molecule has 1 rings (SSSR count). The molecule has 0 radical (unpaired) electrons. The van der Waals surface area contributed by atoms with Crippen LogP contribution in [0.25, 0.3) is 0 Å². The van der Waals surface area contributed by atoms with E-state index in [0.717, 1.165) is 10.6 Å². The Bertz CT molecular complexity index is 130. The molecule has 1 aliphatic heterocycles. The maximum Gasteiger partial charge on any atom is 0.0631 e. The van der Waals surface area contributed by atoms with E-state index in [1.165, 1.54) is 32.4 Å². The molecule has 0 aromatic heterocycles. The Morgan fingerprint density at radius 2 is 2.00 bits per heavy atom. The highest BCUT2D eigenvalue weighted by atomic mass is 32.2. The zero-order valence-electron chi connectivity index (χ0n) is 7.01. The Labute approximate surface area is 78.7 Å². The van der Waals surface area contributed by atoms with Crippen molar-refractivity contribution in [2.75, 3.05) is 13.1 Å². The Hall–Kier alpha value is 0.400. The fraction of sp³-hybridized carbons (Fsp3) is 0.875. The van der Waals surface area contributed by atoms with Gasteiger partial charge in [0.2, 0.25) is 0 Å². The van der Waals surface area contributed by atoms with Crippen LogP contribution in [0.15, 0.2) is 0 Å². The lowest BCUT2D eigenvalue weighted by Gasteiger charge is -2.24. The summed E-state index contributed by atoms with van der Waals surface area (Å²) in [6.45, 7) is 4.58. The maximum atomic E-state index is 5.16. The first-order valence-electron chi connectivity index (χ1n) is 4.28. The van der Waals surface area contributed by atoms with Crippen LogP contribution in [-0.2, 0) is 0 Å². The van der Waals surface area contributed by atoms with Gasteiger partial charge in [0.25, 0.3) is 0 Å². The van der Waals surface area contributed by atoms with Crippen molar-refractivity contribution >= 4 is 28.4 Å². The molecule has 1 saturated heterocycles. The molecule has 1 heterocycles. The van der Waals surface area contributed by atoms with E-state index < -0.39 is 0 Å². The number of hydrogen-bond acceptors (Lipinski definition) is 3. The summed E-state index contributed by atoms with van der Waals surface area (Å²) in [6, 6.07) is 0. The summed E-state index contributed by atoms with van der Waals surface area (Å²) >= 11 is 6.94. The summed E-state index contributed by atoms with van der Waals surface area (Å²) in [6.07, 6.45) is 5.12. The molecule has 0 atom stereocenters. The van der Waals surface area contributed by atoms with Crippen molar-refractivity contribution in [2.24, 2.45) is 0 Å². The Morgan fingerprint density at radius 3 is 2.55 bits per heavy atom. The van der Waals surface area contributed by atoms with Gasteiger partial charge in [-0.3, -0.25) is 0 Å². The third-order valence-electron chi connectivity index (χ3n) is 1.83. The minimum absolute atomic E-state index is 1.02. The SMILES string of the molecule is CCC(=S)SN1CCCCC1. The summed E-state index contributed by atoms with van der Waals surface area (Å²) in [5.74, 6) is 0. The van der Waals surface area contributed by atoms with Crippen molar-refractivity contribution in [1.29, 1.82) is 0 Å². The second-order valence-electron chi connectivity index (χ2n) is 2.81. The van der Waals surface area contributed by atoms with Gasteiger partial charge < -0.3 is 0 Å². The van der Waals surface area contributed by atoms with Crippen molar-refractivity contribution in [3.63, 3.8) is 0 Å². The lowest BCUT2D eigenvalue weighted by molar-refractivity contribution is 0.383. The number of hydrogen-bond donors (Lipinski definition) is 0. The monoisotopic (exact) mass is 189 g/mol. The maximum absolute atomic E-state index is 5.16. The number of rotatable bonds is 2. The van der Waals surface area contributed by atoms with Crippen molar-refractivity contribution in [1.82, 2.24) is 4.31 Å². The molecule has 64 valence electrons. The molecule has 11 heavy (non-hydrogen) atoms. The fourth-order valence-corrected chi connectivity index (χ4v) is 2.34.